The zero-order chi connectivity index (χ0) is 15.2. The molecule has 2 saturated heterocycles. The van der Waals surface area contributed by atoms with E-state index in [9.17, 15) is 4.79 Å². The van der Waals surface area contributed by atoms with E-state index in [-0.39, 0.29) is 0 Å². The predicted molar refractivity (Wildman–Crippen MR) is 87.3 cm³/mol. The fourth-order valence-electron chi connectivity index (χ4n) is 3.94. The molecule has 0 bridgehead atoms. The molecular formula is C17H33N3O. The number of amides is 1. The van der Waals surface area contributed by atoms with Gasteiger partial charge in [0.15, 0.2) is 0 Å². The van der Waals surface area contributed by atoms with Gasteiger partial charge in [-0.25, -0.2) is 0 Å². The van der Waals surface area contributed by atoms with Crippen molar-refractivity contribution in [1.82, 2.24) is 15.1 Å². The van der Waals surface area contributed by atoms with Gasteiger partial charge >= 0.3 is 0 Å². The molecule has 0 saturated carbocycles. The van der Waals surface area contributed by atoms with Crippen LogP contribution in [-0.2, 0) is 4.79 Å². The molecule has 2 heterocycles. The molecule has 4 nitrogen and oxygen atoms in total. The van der Waals surface area contributed by atoms with Gasteiger partial charge in [-0.15, -0.1) is 0 Å². The van der Waals surface area contributed by atoms with E-state index >= 15 is 0 Å². The molecule has 2 aliphatic rings. The molecule has 4 heteroatoms. The summed E-state index contributed by atoms with van der Waals surface area (Å²) in [6.45, 7) is 10.2. The van der Waals surface area contributed by atoms with Crippen LogP contribution in [0.4, 0.5) is 0 Å². The fourth-order valence-corrected chi connectivity index (χ4v) is 3.94. The van der Waals surface area contributed by atoms with E-state index in [1.165, 1.54) is 12.8 Å². The summed E-state index contributed by atoms with van der Waals surface area (Å²) in [7, 11) is 2.02. The zero-order valence-corrected chi connectivity index (χ0v) is 14.1. The van der Waals surface area contributed by atoms with Gasteiger partial charge in [-0.2, -0.15) is 0 Å². The van der Waals surface area contributed by atoms with Gasteiger partial charge in [0.1, 0.15) is 0 Å². The minimum Gasteiger partial charge on any atom is -0.342 e. The van der Waals surface area contributed by atoms with Crippen molar-refractivity contribution in [2.24, 2.45) is 11.8 Å². The Hall–Kier alpha value is -0.610. The van der Waals surface area contributed by atoms with E-state index in [0.29, 0.717) is 17.9 Å². The van der Waals surface area contributed by atoms with Gasteiger partial charge in [-0.05, 0) is 57.2 Å². The maximum absolute atomic E-state index is 12.5. The van der Waals surface area contributed by atoms with Crippen LogP contribution in [0.5, 0.6) is 0 Å². The van der Waals surface area contributed by atoms with Crippen molar-refractivity contribution in [3.8, 4) is 0 Å². The van der Waals surface area contributed by atoms with Crippen molar-refractivity contribution in [3.63, 3.8) is 0 Å². The van der Waals surface area contributed by atoms with Crippen LogP contribution in [-0.4, -0.2) is 61.5 Å². The molecule has 0 radical (unpaired) electrons. The highest BCUT2D eigenvalue weighted by Gasteiger charge is 2.30. The molecule has 0 unspecified atom stereocenters. The summed E-state index contributed by atoms with van der Waals surface area (Å²) in [6, 6.07) is 0.438. The first kappa shape index (κ1) is 16.8. The number of nitrogens with one attached hydrogen (secondary N) is 1. The monoisotopic (exact) mass is 295 g/mol. The molecule has 2 aliphatic heterocycles. The number of nitrogens with zero attached hydrogens (tertiary/aromatic N) is 2. The molecule has 2 rings (SSSR count). The van der Waals surface area contributed by atoms with Crippen molar-refractivity contribution in [2.75, 3.05) is 39.8 Å². The molecule has 0 spiro atoms. The van der Waals surface area contributed by atoms with E-state index in [0.717, 1.165) is 57.9 Å². The third kappa shape index (κ3) is 4.68. The Morgan fingerprint density at radius 1 is 1.29 bits per heavy atom. The Kier molecular flexibility index (Phi) is 6.49. The predicted octanol–water partition coefficient (Wildman–Crippen LogP) is 1.95. The maximum Gasteiger partial charge on any atom is 0.222 e. The topological polar surface area (TPSA) is 35.6 Å². The maximum atomic E-state index is 12.5. The van der Waals surface area contributed by atoms with Crippen molar-refractivity contribution >= 4 is 5.91 Å². The number of carbonyl (C=O) groups excluding carboxylic acids is 1. The quantitative estimate of drug-likeness (QED) is 0.842. The van der Waals surface area contributed by atoms with Crippen LogP contribution >= 0.6 is 0 Å². The zero-order valence-electron chi connectivity index (χ0n) is 14.1. The summed E-state index contributed by atoms with van der Waals surface area (Å²) >= 11 is 0. The van der Waals surface area contributed by atoms with Gasteiger partial charge in [0.05, 0.1) is 0 Å². The Balaban J connectivity index is 1.76. The summed E-state index contributed by atoms with van der Waals surface area (Å²) in [5.41, 5.74) is 0. The van der Waals surface area contributed by atoms with E-state index < -0.39 is 0 Å². The van der Waals surface area contributed by atoms with Gasteiger partial charge in [0.25, 0.3) is 0 Å². The van der Waals surface area contributed by atoms with Crippen molar-refractivity contribution < 1.29 is 4.79 Å². The average molecular weight is 295 g/mol. The lowest BCUT2D eigenvalue weighted by Crippen LogP contribution is -2.50. The standard InChI is InChI=1S/C17H33N3O/c1-4-20-12-9-16(14(2)13-20)19(3)17(21)6-5-15-7-10-18-11-8-15/h14-16,18H,4-13H2,1-3H3/t14-,16-/m1/s1. The molecule has 21 heavy (non-hydrogen) atoms. The summed E-state index contributed by atoms with van der Waals surface area (Å²) in [5.74, 6) is 1.70. The van der Waals surface area contributed by atoms with Crippen molar-refractivity contribution in [2.45, 2.75) is 52.0 Å². The molecule has 122 valence electrons. The first-order valence-electron chi connectivity index (χ1n) is 8.80. The Bertz CT molecular complexity index is 328. The van der Waals surface area contributed by atoms with Gasteiger partial charge in [-0.1, -0.05) is 13.8 Å². The number of carbonyl (C=O) groups is 1. The third-order valence-corrected chi connectivity index (χ3v) is 5.51. The molecule has 0 aromatic heterocycles. The van der Waals surface area contributed by atoms with Crippen LogP contribution in [0.2, 0.25) is 0 Å². The van der Waals surface area contributed by atoms with Crippen LogP contribution in [0, 0.1) is 11.8 Å². The van der Waals surface area contributed by atoms with E-state index in [1.807, 2.05) is 7.05 Å². The molecule has 2 fully saturated rings. The van der Waals surface area contributed by atoms with Crippen molar-refractivity contribution in [1.29, 1.82) is 0 Å². The molecule has 1 N–H and O–H groups in total. The van der Waals surface area contributed by atoms with Crippen LogP contribution in [0.15, 0.2) is 0 Å². The van der Waals surface area contributed by atoms with Gasteiger partial charge in [0.2, 0.25) is 5.91 Å². The minimum atomic E-state index is 0.357. The first-order chi connectivity index (χ1) is 10.1. The Morgan fingerprint density at radius 2 is 2.00 bits per heavy atom. The summed E-state index contributed by atoms with van der Waals surface area (Å²) in [6.07, 6.45) is 5.42. The van der Waals surface area contributed by atoms with Gasteiger partial charge < -0.3 is 15.1 Å². The highest BCUT2D eigenvalue weighted by molar-refractivity contribution is 5.76. The van der Waals surface area contributed by atoms with Gasteiger partial charge in [-0.3, -0.25) is 4.79 Å². The second-order valence-corrected chi connectivity index (χ2v) is 6.96. The highest BCUT2D eigenvalue weighted by atomic mass is 16.2. The van der Waals surface area contributed by atoms with Crippen LogP contribution < -0.4 is 5.32 Å². The fraction of sp³-hybridized carbons (Fsp3) is 0.941. The van der Waals surface area contributed by atoms with E-state index in [4.69, 9.17) is 0 Å². The normalized spacial score (nSPS) is 28.5. The number of rotatable bonds is 5. The SMILES string of the molecule is CCN1CC[C@@H](N(C)C(=O)CCC2CCNCC2)[C@H](C)C1. The number of likely N-dealkylation sites (tertiary alicyclic amines) is 1. The lowest BCUT2D eigenvalue weighted by molar-refractivity contribution is -0.134. The molecule has 2 atom stereocenters. The summed E-state index contributed by atoms with van der Waals surface area (Å²) in [5, 5.41) is 3.39. The van der Waals surface area contributed by atoms with E-state index in [1.54, 1.807) is 0 Å². The van der Waals surface area contributed by atoms with Crippen molar-refractivity contribution in [3.05, 3.63) is 0 Å². The van der Waals surface area contributed by atoms with E-state index in [2.05, 4.69) is 29.0 Å². The lowest BCUT2D eigenvalue weighted by Gasteiger charge is -2.41. The Morgan fingerprint density at radius 3 is 2.62 bits per heavy atom. The van der Waals surface area contributed by atoms with Gasteiger partial charge in [0, 0.05) is 32.6 Å². The molecule has 0 aromatic carbocycles. The largest absolute Gasteiger partial charge is 0.342 e. The van der Waals surface area contributed by atoms with Crippen LogP contribution in [0.1, 0.15) is 46.0 Å². The molecule has 0 aromatic rings. The smallest absolute Gasteiger partial charge is 0.222 e. The second kappa shape index (κ2) is 8.14. The summed E-state index contributed by atoms with van der Waals surface area (Å²) < 4.78 is 0. The third-order valence-electron chi connectivity index (χ3n) is 5.51. The van der Waals surface area contributed by atoms with Crippen LogP contribution in [0.3, 0.4) is 0 Å². The second-order valence-electron chi connectivity index (χ2n) is 6.96. The molecule has 0 aliphatic carbocycles. The highest BCUT2D eigenvalue weighted by Crippen LogP contribution is 2.23. The summed E-state index contributed by atoms with van der Waals surface area (Å²) in [4.78, 5) is 17.0. The first-order valence-corrected chi connectivity index (χ1v) is 8.80. The number of piperidine rings is 2. The Labute approximate surface area is 130 Å². The average Bonchev–Trinajstić information content (AvgIpc) is 2.52. The van der Waals surface area contributed by atoms with Crippen LogP contribution in [0.25, 0.3) is 0 Å². The number of hydrogen-bond donors (Lipinski definition) is 1. The molecule has 1 amide bonds. The molecular weight excluding hydrogens is 262 g/mol. The minimum absolute atomic E-state index is 0.357. The number of hydrogen-bond acceptors (Lipinski definition) is 3. The lowest BCUT2D eigenvalue weighted by atomic mass is 9.91.